The van der Waals surface area contributed by atoms with Crippen molar-refractivity contribution in [1.29, 1.82) is 10.5 Å². The summed E-state index contributed by atoms with van der Waals surface area (Å²) < 4.78 is 0. The van der Waals surface area contributed by atoms with Gasteiger partial charge in [-0.15, -0.1) is 0 Å². The second-order valence-corrected chi connectivity index (χ2v) is 7.06. The predicted molar refractivity (Wildman–Crippen MR) is 109 cm³/mol. The maximum absolute atomic E-state index is 9.13. The summed E-state index contributed by atoms with van der Waals surface area (Å²) in [7, 11) is 0. The third-order valence-electron chi connectivity index (χ3n) is 4.04. The van der Waals surface area contributed by atoms with E-state index in [4.69, 9.17) is 15.5 Å². The fourth-order valence-corrected chi connectivity index (χ4v) is 3.66. The Hall–Kier alpha value is -2.63. The smallest absolute Gasteiger partial charge is 0.186 e. The van der Waals surface area contributed by atoms with E-state index < -0.39 is 0 Å². The molecule has 0 aliphatic rings. The quantitative estimate of drug-likeness (QED) is 0.540. The van der Waals surface area contributed by atoms with Crippen molar-refractivity contribution in [2.24, 2.45) is 0 Å². The van der Waals surface area contributed by atoms with Crippen LogP contribution in [-0.4, -0.2) is 18.1 Å². The first-order chi connectivity index (χ1) is 12.7. The van der Waals surface area contributed by atoms with Gasteiger partial charge in [-0.2, -0.15) is 10.5 Å². The second kappa shape index (κ2) is 10.4. The number of hydrogen-bond acceptors (Lipinski definition) is 5. The van der Waals surface area contributed by atoms with Gasteiger partial charge < -0.3 is 4.90 Å². The molecule has 0 fully saturated rings. The molecule has 26 heavy (non-hydrogen) atoms. The molecular formula is C21H24N4S. The van der Waals surface area contributed by atoms with Gasteiger partial charge in [0, 0.05) is 18.7 Å². The van der Waals surface area contributed by atoms with E-state index in [9.17, 15) is 0 Å². The van der Waals surface area contributed by atoms with E-state index in [0.29, 0.717) is 0 Å². The minimum atomic E-state index is 0.103. The fraction of sp³-hybridized carbons (Fsp3) is 0.381. The summed E-state index contributed by atoms with van der Waals surface area (Å²) in [6, 6.07) is 13.8. The van der Waals surface area contributed by atoms with Crippen molar-refractivity contribution in [3.63, 3.8) is 0 Å². The highest BCUT2D eigenvalue weighted by Gasteiger charge is 2.17. The number of anilines is 1. The Kier molecular flexibility index (Phi) is 7.86. The van der Waals surface area contributed by atoms with Crippen molar-refractivity contribution < 1.29 is 0 Å². The Balaban J connectivity index is 2.47. The number of hydrogen-bond donors (Lipinski definition) is 0. The van der Waals surface area contributed by atoms with Crippen LogP contribution in [0.4, 0.5) is 5.13 Å². The number of unbranched alkanes of at least 4 members (excludes halogenated alkanes) is 2. The van der Waals surface area contributed by atoms with Gasteiger partial charge in [-0.3, -0.25) is 0 Å². The number of thiazole rings is 1. The van der Waals surface area contributed by atoms with E-state index in [2.05, 4.69) is 18.7 Å². The van der Waals surface area contributed by atoms with Gasteiger partial charge in [0.15, 0.2) is 5.13 Å². The Morgan fingerprint density at radius 3 is 2.23 bits per heavy atom. The number of aromatic nitrogens is 1. The van der Waals surface area contributed by atoms with Crippen LogP contribution in [0.3, 0.4) is 0 Å². The summed E-state index contributed by atoms with van der Waals surface area (Å²) in [5, 5.41) is 19.2. The molecule has 0 aliphatic carbocycles. The molecule has 5 heteroatoms. The largest absolute Gasteiger partial charge is 0.348 e. The summed E-state index contributed by atoms with van der Waals surface area (Å²) in [4.78, 5) is 8.09. The lowest BCUT2D eigenvalue weighted by atomic mass is 10.1. The van der Waals surface area contributed by atoms with Crippen LogP contribution in [0.2, 0.25) is 0 Å². The molecule has 0 unspecified atom stereocenters. The van der Waals surface area contributed by atoms with E-state index in [0.717, 1.165) is 60.0 Å². The van der Waals surface area contributed by atoms with E-state index in [1.54, 1.807) is 17.4 Å². The maximum Gasteiger partial charge on any atom is 0.186 e. The SMILES string of the molecule is CCCCN(CCCC)c1nc(-c2ccccc2)c(C=C(C#N)C#N)s1. The van der Waals surface area contributed by atoms with Crippen LogP contribution in [0.25, 0.3) is 17.3 Å². The van der Waals surface area contributed by atoms with Crippen LogP contribution < -0.4 is 4.90 Å². The van der Waals surface area contributed by atoms with Crippen molar-refractivity contribution in [3.05, 3.63) is 40.8 Å². The molecule has 0 radical (unpaired) electrons. The molecule has 0 atom stereocenters. The van der Waals surface area contributed by atoms with Crippen LogP contribution in [-0.2, 0) is 0 Å². The zero-order valence-corrected chi connectivity index (χ0v) is 16.2. The fourth-order valence-electron chi connectivity index (χ4n) is 2.58. The first kappa shape index (κ1) is 19.7. The molecule has 0 N–H and O–H groups in total. The topological polar surface area (TPSA) is 63.7 Å². The lowest BCUT2D eigenvalue weighted by Crippen LogP contribution is -2.25. The van der Waals surface area contributed by atoms with E-state index in [-0.39, 0.29) is 5.57 Å². The van der Waals surface area contributed by atoms with Crippen molar-refractivity contribution in [1.82, 2.24) is 4.98 Å². The summed E-state index contributed by atoms with van der Waals surface area (Å²) in [6.07, 6.45) is 6.17. The zero-order chi connectivity index (χ0) is 18.8. The van der Waals surface area contributed by atoms with Crippen LogP contribution in [0, 0.1) is 22.7 Å². The average molecular weight is 365 g/mol. The molecule has 0 saturated carbocycles. The van der Waals surface area contributed by atoms with Gasteiger partial charge in [-0.25, -0.2) is 4.98 Å². The molecule has 4 nitrogen and oxygen atoms in total. The Morgan fingerprint density at radius 1 is 1.08 bits per heavy atom. The number of nitrogens with zero attached hydrogens (tertiary/aromatic N) is 4. The second-order valence-electron chi connectivity index (χ2n) is 6.05. The van der Waals surface area contributed by atoms with Gasteiger partial charge >= 0.3 is 0 Å². The van der Waals surface area contributed by atoms with Gasteiger partial charge in [0.2, 0.25) is 0 Å². The number of rotatable bonds is 9. The summed E-state index contributed by atoms with van der Waals surface area (Å²) in [5.74, 6) is 0. The molecule has 1 aromatic carbocycles. The molecular weight excluding hydrogens is 340 g/mol. The number of benzene rings is 1. The van der Waals surface area contributed by atoms with E-state index in [1.165, 1.54) is 0 Å². The first-order valence-electron chi connectivity index (χ1n) is 9.06. The molecule has 0 saturated heterocycles. The van der Waals surface area contributed by atoms with Gasteiger partial charge in [-0.05, 0) is 18.9 Å². The molecule has 0 bridgehead atoms. The monoisotopic (exact) mass is 364 g/mol. The van der Waals surface area contributed by atoms with Crippen molar-refractivity contribution in [3.8, 4) is 23.4 Å². The molecule has 1 heterocycles. The van der Waals surface area contributed by atoms with Crippen LogP contribution in [0.5, 0.6) is 0 Å². The normalized spacial score (nSPS) is 10.0. The lowest BCUT2D eigenvalue weighted by Gasteiger charge is -2.21. The molecule has 2 rings (SSSR count). The molecule has 134 valence electrons. The molecule has 2 aromatic rings. The van der Waals surface area contributed by atoms with Gasteiger partial charge in [0.1, 0.15) is 17.7 Å². The van der Waals surface area contributed by atoms with Crippen LogP contribution >= 0.6 is 11.3 Å². The first-order valence-corrected chi connectivity index (χ1v) is 9.88. The van der Waals surface area contributed by atoms with Crippen LogP contribution in [0.1, 0.15) is 44.4 Å². The Labute approximate surface area is 160 Å². The average Bonchev–Trinajstić information content (AvgIpc) is 3.10. The molecule has 1 aromatic heterocycles. The minimum Gasteiger partial charge on any atom is -0.348 e. The highest BCUT2D eigenvalue weighted by molar-refractivity contribution is 7.17. The molecule has 0 amide bonds. The summed E-state index contributed by atoms with van der Waals surface area (Å²) in [6.45, 7) is 6.33. The molecule has 0 aliphatic heterocycles. The highest BCUT2D eigenvalue weighted by atomic mass is 32.1. The molecule has 0 spiro atoms. The van der Waals surface area contributed by atoms with Gasteiger partial charge in [0.25, 0.3) is 0 Å². The number of nitriles is 2. The third-order valence-corrected chi connectivity index (χ3v) is 5.10. The summed E-state index contributed by atoms with van der Waals surface area (Å²) in [5.41, 5.74) is 1.94. The standard InChI is InChI=1S/C21H24N4S/c1-3-5-12-25(13-6-4-2)21-24-20(18-10-8-7-9-11-18)19(26-21)14-17(15-22)16-23/h7-11,14H,3-6,12-13H2,1-2H3. The highest BCUT2D eigenvalue weighted by Crippen LogP contribution is 2.35. The van der Waals surface area contributed by atoms with E-state index >= 15 is 0 Å². The maximum atomic E-state index is 9.13. The van der Waals surface area contributed by atoms with Crippen LogP contribution in [0.15, 0.2) is 35.9 Å². The third kappa shape index (κ3) is 5.18. The van der Waals surface area contributed by atoms with Gasteiger partial charge in [-0.1, -0.05) is 68.4 Å². The van der Waals surface area contributed by atoms with Crippen molar-refractivity contribution >= 4 is 22.5 Å². The Bertz CT molecular complexity index is 785. The zero-order valence-electron chi connectivity index (χ0n) is 15.4. The van der Waals surface area contributed by atoms with E-state index in [1.807, 2.05) is 42.5 Å². The minimum absolute atomic E-state index is 0.103. The predicted octanol–water partition coefficient (Wildman–Crippen LogP) is 5.65. The van der Waals surface area contributed by atoms with Crippen molar-refractivity contribution in [2.45, 2.75) is 39.5 Å². The van der Waals surface area contributed by atoms with Gasteiger partial charge in [0.05, 0.1) is 10.6 Å². The Morgan fingerprint density at radius 2 is 1.69 bits per heavy atom. The lowest BCUT2D eigenvalue weighted by molar-refractivity contribution is 0.676. The number of allylic oxidation sites excluding steroid dienone is 1. The summed E-state index contributed by atoms with van der Waals surface area (Å²) >= 11 is 1.56. The van der Waals surface area contributed by atoms with Crippen molar-refractivity contribution in [2.75, 3.05) is 18.0 Å².